The van der Waals surface area contributed by atoms with Crippen molar-refractivity contribution in [2.45, 2.75) is 38.1 Å². The molecule has 152 valence electrons. The van der Waals surface area contributed by atoms with E-state index in [0.717, 1.165) is 67.7 Å². The number of imidazole rings is 1. The standard InChI is InChI=1S/C22H25ClN4OS/c23-18-7-3-2-6-17(18)16-8-11-25(14-16)15-19-20(24-22-27(19)12-13-29-22)21(28)26-9-4-1-5-10-26/h2-3,6-7,12-13,16H,1,4-5,8-11,14-15H2. The molecule has 7 heteroatoms. The van der Waals surface area contributed by atoms with Crippen molar-refractivity contribution >= 4 is 33.8 Å². The zero-order valence-corrected chi connectivity index (χ0v) is 18.0. The summed E-state index contributed by atoms with van der Waals surface area (Å²) in [5, 5.41) is 2.89. The molecule has 0 radical (unpaired) electrons. The van der Waals surface area contributed by atoms with Crippen LogP contribution in [0.3, 0.4) is 0 Å². The van der Waals surface area contributed by atoms with Crippen LogP contribution in [0.4, 0.5) is 0 Å². The molecule has 1 unspecified atom stereocenters. The molecule has 0 N–H and O–H groups in total. The Kier molecular flexibility index (Phi) is 5.33. The minimum absolute atomic E-state index is 0.0949. The lowest BCUT2D eigenvalue weighted by molar-refractivity contribution is 0.0716. The van der Waals surface area contributed by atoms with E-state index in [0.29, 0.717) is 11.6 Å². The van der Waals surface area contributed by atoms with Crippen LogP contribution in [-0.2, 0) is 6.54 Å². The van der Waals surface area contributed by atoms with Crippen molar-refractivity contribution in [2.75, 3.05) is 26.2 Å². The normalized spacial score (nSPS) is 20.6. The second-order valence-electron chi connectivity index (χ2n) is 8.06. The molecule has 29 heavy (non-hydrogen) atoms. The SMILES string of the molecule is O=C(c1nc2sccn2c1CN1CCC(c2ccccc2Cl)C1)N1CCCCC1. The number of rotatable bonds is 4. The van der Waals surface area contributed by atoms with E-state index in [4.69, 9.17) is 16.6 Å². The van der Waals surface area contributed by atoms with Crippen molar-refractivity contribution in [3.63, 3.8) is 0 Å². The first-order valence-corrected chi connectivity index (χ1v) is 11.7. The lowest BCUT2D eigenvalue weighted by Crippen LogP contribution is -2.36. The molecule has 2 saturated heterocycles. The molecule has 1 aromatic carbocycles. The number of amides is 1. The summed E-state index contributed by atoms with van der Waals surface area (Å²) in [6, 6.07) is 8.15. The Morgan fingerprint density at radius 2 is 2.00 bits per heavy atom. The molecule has 2 aromatic heterocycles. The Morgan fingerprint density at radius 1 is 1.17 bits per heavy atom. The largest absolute Gasteiger partial charge is 0.337 e. The van der Waals surface area contributed by atoms with Gasteiger partial charge < -0.3 is 4.90 Å². The number of aromatic nitrogens is 2. The Morgan fingerprint density at radius 3 is 2.83 bits per heavy atom. The van der Waals surface area contributed by atoms with E-state index in [1.165, 1.54) is 12.0 Å². The number of thiazole rings is 1. The minimum Gasteiger partial charge on any atom is -0.337 e. The molecule has 4 heterocycles. The molecule has 1 amide bonds. The maximum atomic E-state index is 13.2. The van der Waals surface area contributed by atoms with Gasteiger partial charge in [-0.05, 0) is 49.8 Å². The highest BCUT2D eigenvalue weighted by atomic mass is 35.5. The number of hydrogen-bond acceptors (Lipinski definition) is 4. The number of halogens is 1. The van der Waals surface area contributed by atoms with E-state index in [1.807, 2.05) is 28.6 Å². The fraction of sp³-hybridized carbons (Fsp3) is 0.455. The van der Waals surface area contributed by atoms with Gasteiger partial charge in [0.15, 0.2) is 10.7 Å². The van der Waals surface area contributed by atoms with Gasteiger partial charge in [0.2, 0.25) is 0 Å². The Bertz CT molecular complexity index is 1020. The molecule has 1 atom stereocenters. The first kappa shape index (κ1) is 19.1. The summed E-state index contributed by atoms with van der Waals surface area (Å²) in [4.78, 5) is 23.3. The van der Waals surface area contributed by atoms with Crippen LogP contribution in [0, 0.1) is 0 Å². The van der Waals surface area contributed by atoms with E-state index in [1.54, 1.807) is 11.3 Å². The van der Waals surface area contributed by atoms with Gasteiger partial charge in [-0.25, -0.2) is 4.98 Å². The van der Waals surface area contributed by atoms with Crippen LogP contribution in [0.2, 0.25) is 5.02 Å². The predicted octanol–water partition coefficient (Wildman–Crippen LogP) is 4.66. The van der Waals surface area contributed by atoms with Crippen molar-refractivity contribution in [1.29, 1.82) is 0 Å². The maximum absolute atomic E-state index is 13.2. The second-order valence-corrected chi connectivity index (χ2v) is 9.34. The molecular weight excluding hydrogens is 404 g/mol. The molecule has 0 spiro atoms. The number of nitrogens with zero attached hydrogens (tertiary/aromatic N) is 4. The van der Waals surface area contributed by atoms with E-state index in [-0.39, 0.29) is 5.91 Å². The number of hydrogen-bond donors (Lipinski definition) is 0. The molecular formula is C22H25ClN4OS. The summed E-state index contributed by atoms with van der Waals surface area (Å²) in [6.45, 7) is 4.40. The maximum Gasteiger partial charge on any atom is 0.274 e. The summed E-state index contributed by atoms with van der Waals surface area (Å²) < 4.78 is 2.10. The highest BCUT2D eigenvalue weighted by Crippen LogP contribution is 2.33. The third-order valence-electron chi connectivity index (χ3n) is 6.20. The number of likely N-dealkylation sites (tertiary alicyclic amines) is 2. The predicted molar refractivity (Wildman–Crippen MR) is 117 cm³/mol. The summed E-state index contributed by atoms with van der Waals surface area (Å²) in [6.07, 6.45) is 6.53. The fourth-order valence-electron chi connectivity index (χ4n) is 4.65. The van der Waals surface area contributed by atoms with Gasteiger partial charge in [-0.2, -0.15) is 0 Å². The molecule has 0 aliphatic carbocycles. The van der Waals surface area contributed by atoms with Gasteiger partial charge in [-0.3, -0.25) is 14.1 Å². The molecule has 2 aliphatic rings. The van der Waals surface area contributed by atoms with Crippen molar-refractivity contribution in [2.24, 2.45) is 0 Å². The van der Waals surface area contributed by atoms with Crippen molar-refractivity contribution in [1.82, 2.24) is 19.2 Å². The fourth-order valence-corrected chi connectivity index (χ4v) is 5.67. The van der Waals surface area contributed by atoms with Crippen LogP contribution in [0.15, 0.2) is 35.8 Å². The first-order valence-electron chi connectivity index (χ1n) is 10.4. The second kappa shape index (κ2) is 8.09. The third kappa shape index (κ3) is 3.69. The molecule has 2 fully saturated rings. The summed E-state index contributed by atoms with van der Waals surface area (Å²) >= 11 is 8.02. The molecule has 3 aromatic rings. The topological polar surface area (TPSA) is 40.9 Å². The molecule has 0 saturated carbocycles. The van der Waals surface area contributed by atoms with E-state index >= 15 is 0 Å². The quantitative estimate of drug-likeness (QED) is 0.606. The molecule has 5 nitrogen and oxygen atoms in total. The lowest BCUT2D eigenvalue weighted by atomic mass is 9.98. The van der Waals surface area contributed by atoms with E-state index < -0.39 is 0 Å². The highest BCUT2D eigenvalue weighted by molar-refractivity contribution is 7.15. The van der Waals surface area contributed by atoms with Crippen molar-refractivity contribution in [3.8, 4) is 0 Å². The number of benzene rings is 1. The molecule has 0 bridgehead atoms. The highest BCUT2D eigenvalue weighted by Gasteiger charge is 2.30. The Balaban J connectivity index is 1.38. The average Bonchev–Trinajstić information content (AvgIpc) is 3.46. The minimum atomic E-state index is 0.0949. The number of piperidine rings is 1. The van der Waals surface area contributed by atoms with Crippen LogP contribution in [-0.4, -0.2) is 51.3 Å². The monoisotopic (exact) mass is 428 g/mol. The first-order chi connectivity index (χ1) is 14.2. The van der Waals surface area contributed by atoms with Crippen molar-refractivity contribution in [3.05, 3.63) is 57.8 Å². The van der Waals surface area contributed by atoms with Crippen LogP contribution in [0.1, 0.15) is 53.3 Å². The smallest absolute Gasteiger partial charge is 0.274 e. The van der Waals surface area contributed by atoms with Gasteiger partial charge in [0.25, 0.3) is 5.91 Å². The molecule has 5 rings (SSSR count). The summed E-state index contributed by atoms with van der Waals surface area (Å²) in [7, 11) is 0. The zero-order chi connectivity index (χ0) is 19.8. The summed E-state index contributed by atoms with van der Waals surface area (Å²) in [5.74, 6) is 0.535. The third-order valence-corrected chi connectivity index (χ3v) is 7.30. The molecule has 2 aliphatic heterocycles. The van der Waals surface area contributed by atoms with Gasteiger partial charge in [0, 0.05) is 42.8 Å². The average molecular weight is 429 g/mol. The van der Waals surface area contributed by atoms with E-state index in [2.05, 4.69) is 21.4 Å². The van der Waals surface area contributed by atoms with E-state index in [9.17, 15) is 4.79 Å². The number of fused-ring (bicyclic) bond motifs is 1. The zero-order valence-electron chi connectivity index (χ0n) is 16.4. The van der Waals surface area contributed by atoms with Gasteiger partial charge in [0.1, 0.15) is 0 Å². The van der Waals surface area contributed by atoms with Gasteiger partial charge in [-0.1, -0.05) is 29.8 Å². The van der Waals surface area contributed by atoms with Crippen LogP contribution in [0.25, 0.3) is 4.96 Å². The Labute approximate surface area is 179 Å². The van der Waals surface area contributed by atoms with Crippen LogP contribution < -0.4 is 0 Å². The van der Waals surface area contributed by atoms with Gasteiger partial charge >= 0.3 is 0 Å². The number of carbonyl (C=O) groups excluding carboxylic acids is 1. The number of carbonyl (C=O) groups is 1. The van der Waals surface area contributed by atoms with Crippen molar-refractivity contribution < 1.29 is 4.79 Å². The Hall–Kier alpha value is -1.89. The summed E-state index contributed by atoms with van der Waals surface area (Å²) in [5.41, 5.74) is 2.90. The van der Waals surface area contributed by atoms with Crippen LogP contribution in [0.5, 0.6) is 0 Å². The van der Waals surface area contributed by atoms with Gasteiger partial charge in [-0.15, -0.1) is 11.3 Å². The lowest BCUT2D eigenvalue weighted by Gasteiger charge is -2.26. The van der Waals surface area contributed by atoms with Gasteiger partial charge in [0.05, 0.1) is 5.69 Å². The van der Waals surface area contributed by atoms with Crippen LogP contribution >= 0.6 is 22.9 Å².